The highest BCUT2D eigenvalue weighted by atomic mass is 15.2. The summed E-state index contributed by atoms with van der Waals surface area (Å²) in [5.41, 5.74) is 1.76. The molecule has 1 heterocycles. The summed E-state index contributed by atoms with van der Waals surface area (Å²) >= 11 is 0. The maximum absolute atomic E-state index is 9.29. The maximum Gasteiger partial charge on any atom is 0.124 e. The van der Waals surface area contributed by atoms with Crippen LogP contribution >= 0.6 is 0 Å². The molecule has 0 aliphatic rings. The van der Waals surface area contributed by atoms with Crippen molar-refractivity contribution in [2.45, 2.75) is 13.8 Å². The van der Waals surface area contributed by atoms with Gasteiger partial charge in [-0.15, -0.1) is 0 Å². The van der Waals surface area contributed by atoms with Crippen LogP contribution in [0, 0.1) is 17.2 Å². The van der Waals surface area contributed by atoms with Crippen LogP contribution in [0.15, 0.2) is 24.3 Å². The van der Waals surface area contributed by atoms with Gasteiger partial charge >= 0.3 is 0 Å². The standard InChI is InChI=1S/C14H17N3/c1-10(2)9-17(3)14-12(8-15)11-6-4-5-7-13(11)16-14/h4-7,10,16H,9H2,1-3H3. The van der Waals surface area contributed by atoms with Crippen molar-refractivity contribution in [3.8, 4) is 6.07 Å². The van der Waals surface area contributed by atoms with Crippen LogP contribution in [-0.4, -0.2) is 18.6 Å². The monoisotopic (exact) mass is 227 g/mol. The maximum atomic E-state index is 9.29. The Kier molecular flexibility index (Phi) is 3.06. The molecule has 3 nitrogen and oxygen atoms in total. The van der Waals surface area contributed by atoms with Gasteiger partial charge in [-0.1, -0.05) is 32.0 Å². The van der Waals surface area contributed by atoms with E-state index in [1.807, 2.05) is 31.3 Å². The Morgan fingerprint density at radius 1 is 1.35 bits per heavy atom. The molecule has 1 aromatic carbocycles. The highest BCUT2D eigenvalue weighted by Gasteiger charge is 2.14. The Hall–Kier alpha value is -1.95. The number of rotatable bonds is 3. The van der Waals surface area contributed by atoms with E-state index in [4.69, 9.17) is 0 Å². The zero-order valence-corrected chi connectivity index (χ0v) is 10.5. The van der Waals surface area contributed by atoms with E-state index in [1.165, 1.54) is 0 Å². The molecule has 2 aromatic rings. The first-order chi connectivity index (χ1) is 8.13. The molecule has 0 bridgehead atoms. The average Bonchev–Trinajstić information content (AvgIpc) is 2.66. The van der Waals surface area contributed by atoms with Crippen molar-refractivity contribution in [3.05, 3.63) is 29.8 Å². The van der Waals surface area contributed by atoms with E-state index < -0.39 is 0 Å². The van der Waals surface area contributed by atoms with Crippen molar-refractivity contribution in [1.29, 1.82) is 5.26 Å². The number of nitriles is 1. The SMILES string of the molecule is CC(C)CN(C)c1[nH]c2ccccc2c1C#N. The Balaban J connectivity index is 2.50. The van der Waals surface area contributed by atoms with Crippen LogP contribution in [0.4, 0.5) is 5.82 Å². The first-order valence-electron chi connectivity index (χ1n) is 5.85. The van der Waals surface area contributed by atoms with Crippen LogP contribution in [0.25, 0.3) is 10.9 Å². The van der Waals surface area contributed by atoms with Gasteiger partial charge in [0.25, 0.3) is 0 Å². The van der Waals surface area contributed by atoms with Gasteiger partial charge in [-0.2, -0.15) is 5.26 Å². The number of nitrogens with one attached hydrogen (secondary N) is 1. The third-order valence-corrected chi connectivity index (χ3v) is 2.82. The largest absolute Gasteiger partial charge is 0.360 e. The van der Waals surface area contributed by atoms with Gasteiger partial charge in [-0.25, -0.2) is 0 Å². The number of anilines is 1. The summed E-state index contributed by atoms with van der Waals surface area (Å²) in [4.78, 5) is 5.44. The van der Waals surface area contributed by atoms with Crippen LogP contribution < -0.4 is 4.90 Å². The predicted molar refractivity (Wildman–Crippen MR) is 71.1 cm³/mol. The highest BCUT2D eigenvalue weighted by Crippen LogP contribution is 2.27. The number of hydrogen-bond donors (Lipinski definition) is 1. The third kappa shape index (κ3) is 2.12. The zero-order valence-electron chi connectivity index (χ0n) is 10.5. The molecule has 88 valence electrons. The molecule has 0 fully saturated rings. The van der Waals surface area contributed by atoms with Crippen LogP contribution in [0.5, 0.6) is 0 Å². The molecule has 17 heavy (non-hydrogen) atoms. The van der Waals surface area contributed by atoms with Gasteiger partial charge < -0.3 is 9.88 Å². The quantitative estimate of drug-likeness (QED) is 0.875. The lowest BCUT2D eigenvalue weighted by molar-refractivity contribution is 0.635. The van der Waals surface area contributed by atoms with Gasteiger partial charge in [-0.05, 0) is 12.0 Å². The van der Waals surface area contributed by atoms with Crippen LogP contribution in [0.1, 0.15) is 19.4 Å². The van der Waals surface area contributed by atoms with Gasteiger partial charge in [0.2, 0.25) is 0 Å². The van der Waals surface area contributed by atoms with Crippen molar-refractivity contribution in [2.75, 3.05) is 18.5 Å². The van der Waals surface area contributed by atoms with Gasteiger partial charge in [-0.3, -0.25) is 0 Å². The highest BCUT2D eigenvalue weighted by molar-refractivity contribution is 5.91. The van der Waals surface area contributed by atoms with Gasteiger partial charge in [0.05, 0.1) is 0 Å². The Morgan fingerprint density at radius 2 is 2.06 bits per heavy atom. The third-order valence-electron chi connectivity index (χ3n) is 2.82. The second-order valence-electron chi connectivity index (χ2n) is 4.78. The van der Waals surface area contributed by atoms with E-state index in [1.54, 1.807) is 0 Å². The summed E-state index contributed by atoms with van der Waals surface area (Å²) in [7, 11) is 2.02. The molecule has 1 N–H and O–H groups in total. The molecule has 1 aromatic heterocycles. The fourth-order valence-corrected chi connectivity index (χ4v) is 2.17. The van der Waals surface area contributed by atoms with Crippen molar-refractivity contribution in [2.24, 2.45) is 5.92 Å². The minimum atomic E-state index is 0.568. The lowest BCUT2D eigenvalue weighted by Gasteiger charge is -2.20. The summed E-state index contributed by atoms with van der Waals surface area (Å²) in [6.07, 6.45) is 0. The average molecular weight is 227 g/mol. The fourth-order valence-electron chi connectivity index (χ4n) is 2.17. The molecule has 0 amide bonds. The zero-order chi connectivity index (χ0) is 12.4. The molecule has 0 saturated heterocycles. The number of nitrogens with zero attached hydrogens (tertiary/aromatic N) is 2. The smallest absolute Gasteiger partial charge is 0.124 e. The predicted octanol–water partition coefficient (Wildman–Crippen LogP) is 3.13. The van der Waals surface area contributed by atoms with E-state index in [2.05, 4.69) is 29.8 Å². The number of para-hydroxylation sites is 1. The van der Waals surface area contributed by atoms with Crippen LogP contribution in [0.2, 0.25) is 0 Å². The van der Waals surface area contributed by atoms with E-state index in [0.29, 0.717) is 5.92 Å². The molecular formula is C14H17N3. The van der Waals surface area contributed by atoms with E-state index >= 15 is 0 Å². The molecule has 2 rings (SSSR count). The summed E-state index contributed by atoms with van der Waals surface area (Å²) < 4.78 is 0. The van der Waals surface area contributed by atoms with Crippen molar-refractivity contribution >= 4 is 16.7 Å². The van der Waals surface area contributed by atoms with Crippen LogP contribution in [0.3, 0.4) is 0 Å². The summed E-state index contributed by atoms with van der Waals surface area (Å²) in [6, 6.07) is 10.2. The molecule has 3 heteroatoms. The first-order valence-corrected chi connectivity index (χ1v) is 5.85. The number of fused-ring (bicyclic) bond motifs is 1. The number of hydrogen-bond acceptors (Lipinski definition) is 2. The molecule has 0 radical (unpaired) electrons. The Labute approximate surface area is 102 Å². The van der Waals surface area contributed by atoms with Crippen molar-refractivity contribution in [3.63, 3.8) is 0 Å². The summed E-state index contributed by atoms with van der Waals surface area (Å²) in [5.74, 6) is 1.49. The number of aromatic amines is 1. The lowest BCUT2D eigenvalue weighted by atomic mass is 10.1. The topological polar surface area (TPSA) is 42.8 Å². The van der Waals surface area contributed by atoms with Gasteiger partial charge in [0.1, 0.15) is 17.5 Å². The minimum absolute atomic E-state index is 0.568. The lowest BCUT2D eigenvalue weighted by Crippen LogP contribution is -2.23. The van der Waals surface area contributed by atoms with Crippen molar-refractivity contribution < 1.29 is 0 Å². The number of benzene rings is 1. The van der Waals surface area contributed by atoms with E-state index in [-0.39, 0.29) is 0 Å². The van der Waals surface area contributed by atoms with E-state index in [9.17, 15) is 5.26 Å². The molecule has 0 aliphatic heterocycles. The molecule has 0 atom stereocenters. The summed E-state index contributed by atoms with van der Waals surface area (Å²) in [5, 5.41) is 10.3. The Morgan fingerprint density at radius 3 is 2.71 bits per heavy atom. The van der Waals surface area contributed by atoms with E-state index in [0.717, 1.165) is 28.8 Å². The molecule has 0 spiro atoms. The van der Waals surface area contributed by atoms with Crippen molar-refractivity contribution in [1.82, 2.24) is 4.98 Å². The summed E-state index contributed by atoms with van der Waals surface area (Å²) in [6.45, 7) is 5.28. The fraction of sp³-hybridized carbons (Fsp3) is 0.357. The van der Waals surface area contributed by atoms with Gasteiger partial charge in [0.15, 0.2) is 0 Å². The number of H-pyrrole nitrogens is 1. The van der Waals surface area contributed by atoms with Gasteiger partial charge in [0, 0.05) is 24.5 Å². The Bertz CT molecular complexity index is 560. The second-order valence-corrected chi connectivity index (χ2v) is 4.78. The molecule has 0 unspecified atom stereocenters. The first kappa shape index (κ1) is 11.5. The minimum Gasteiger partial charge on any atom is -0.360 e. The molecular weight excluding hydrogens is 210 g/mol. The second kappa shape index (κ2) is 4.50. The van der Waals surface area contributed by atoms with Crippen LogP contribution in [-0.2, 0) is 0 Å². The molecule has 0 saturated carbocycles. The molecule has 0 aliphatic carbocycles. The number of aromatic nitrogens is 1. The normalized spacial score (nSPS) is 10.8.